The van der Waals surface area contributed by atoms with E-state index in [0.717, 1.165) is 32.1 Å². The van der Waals surface area contributed by atoms with Crippen LogP contribution in [0.5, 0.6) is 0 Å². The number of carboxylic acids is 1. The van der Waals surface area contributed by atoms with Gasteiger partial charge in [-0.25, -0.2) is 0 Å². The first kappa shape index (κ1) is 26.8. The van der Waals surface area contributed by atoms with Crippen LogP contribution in [0.15, 0.2) is 52.0 Å². The molecule has 0 aliphatic heterocycles. The van der Waals surface area contributed by atoms with Gasteiger partial charge in [-0.3, -0.25) is 14.4 Å². The molecule has 0 amide bonds. The molecule has 4 aliphatic rings. The maximum Gasteiger partial charge on any atom is 0.307 e. The molecule has 5 nitrogen and oxygen atoms in total. The van der Waals surface area contributed by atoms with Crippen LogP contribution in [0, 0.1) is 29.1 Å². The number of carboxylic acid groups (broad SMARTS) is 1. The van der Waals surface area contributed by atoms with Crippen molar-refractivity contribution in [1.82, 2.24) is 0 Å². The van der Waals surface area contributed by atoms with Crippen LogP contribution >= 0.6 is 11.8 Å². The number of aliphatic carboxylic acids is 1. The number of carbonyl (C=O) groups excluding carboxylic acids is 2. The van der Waals surface area contributed by atoms with Crippen LogP contribution in [-0.2, 0) is 19.1 Å². The monoisotopic (exact) mass is 532 g/mol. The van der Waals surface area contributed by atoms with Crippen molar-refractivity contribution in [3.05, 3.63) is 52.6 Å². The molecule has 0 saturated heterocycles. The topological polar surface area (TPSA) is 80.7 Å². The SMILES string of the molecule is CC#C[C@]1(OC(=O)CCC(=O)O)CCC2C3CCC4=CC(=O)CCC4=C3[C@@H](c3ccc(SC)cc3)C[C@@]21C. The zero-order valence-electron chi connectivity index (χ0n) is 22.5. The van der Waals surface area contributed by atoms with Gasteiger partial charge >= 0.3 is 11.9 Å². The van der Waals surface area contributed by atoms with Gasteiger partial charge in [-0.2, -0.15) is 0 Å². The van der Waals surface area contributed by atoms with E-state index >= 15 is 0 Å². The van der Waals surface area contributed by atoms with Gasteiger partial charge in [-0.1, -0.05) is 30.6 Å². The number of ketones is 1. The smallest absolute Gasteiger partial charge is 0.307 e. The van der Waals surface area contributed by atoms with Crippen molar-refractivity contribution in [1.29, 1.82) is 0 Å². The fourth-order valence-corrected chi connectivity index (χ4v) is 8.25. The standard InChI is InChI=1S/C32H36O5S/c1-4-16-32(37-29(36)14-13-28(34)35)17-15-27-25-11-7-21-18-22(33)8-12-24(21)30(25)26(19-31(27,32)2)20-5-9-23(38-3)10-6-20/h5-6,9-10,18,25-27H,7-8,11-15,17,19H2,1-3H3,(H,34,35)/t25?,26-,27?,31+,32+/m1/s1. The molecule has 2 unspecified atom stereocenters. The van der Waals surface area contributed by atoms with E-state index in [1.54, 1.807) is 18.7 Å². The number of hydrogen-bond acceptors (Lipinski definition) is 5. The highest BCUT2D eigenvalue weighted by atomic mass is 32.2. The largest absolute Gasteiger partial charge is 0.481 e. The van der Waals surface area contributed by atoms with Gasteiger partial charge in [0.1, 0.15) is 0 Å². The number of esters is 1. The van der Waals surface area contributed by atoms with Crippen LogP contribution < -0.4 is 0 Å². The number of ether oxygens (including phenoxy) is 1. The molecule has 0 spiro atoms. The lowest BCUT2D eigenvalue weighted by molar-refractivity contribution is -0.168. The molecule has 0 bridgehead atoms. The van der Waals surface area contributed by atoms with Gasteiger partial charge in [0.15, 0.2) is 11.4 Å². The van der Waals surface area contributed by atoms with Crippen molar-refractivity contribution in [2.24, 2.45) is 17.3 Å². The first-order valence-electron chi connectivity index (χ1n) is 13.7. The lowest BCUT2D eigenvalue weighted by Crippen LogP contribution is -2.53. The highest BCUT2D eigenvalue weighted by Gasteiger charge is 2.65. The van der Waals surface area contributed by atoms with Gasteiger partial charge in [0.25, 0.3) is 0 Å². The Morgan fingerprint density at radius 3 is 2.58 bits per heavy atom. The molecule has 2 saturated carbocycles. The number of benzene rings is 1. The van der Waals surface area contributed by atoms with Crippen molar-refractivity contribution in [2.75, 3.05) is 6.26 Å². The molecule has 0 radical (unpaired) electrons. The Hall–Kier alpha value is -2.78. The molecule has 1 N–H and O–H groups in total. The summed E-state index contributed by atoms with van der Waals surface area (Å²) in [5, 5.41) is 9.10. The number of allylic oxidation sites excluding steroid dienone is 4. The van der Waals surface area contributed by atoms with Crippen LogP contribution in [0.4, 0.5) is 0 Å². The summed E-state index contributed by atoms with van der Waals surface area (Å²) >= 11 is 1.72. The Bertz CT molecular complexity index is 1280. The molecule has 0 heterocycles. The fourth-order valence-electron chi connectivity index (χ4n) is 7.84. The predicted octanol–water partition coefficient (Wildman–Crippen LogP) is 6.48. The summed E-state index contributed by atoms with van der Waals surface area (Å²) in [6.45, 7) is 4.04. The maximum absolute atomic E-state index is 12.9. The number of hydrogen-bond donors (Lipinski definition) is 1. The highest BCUT2D eigenvalue weighted by molar-refractivity contribution is 7.98. The molecule has 0 aromatic heterocycles. The van der Waals surface area contributed by atoms with E-state index < -0.39 is 17.5 Å². The molecule has 5 atom stereocenters. The van der Waals surface area contributed by atoms with E-state index in [2.05, 4.69) is 49.3 Å². The summed E-state index contributed by atoms with van der Waals surface area (Å²) in [5.74, 6) is 5.96. The van der Waals surface area contributed by atoms with Gasteiger partial charge in [0.2, 0.25) is 0 Å². The van der Waals surface area contributed by atoms with Gasteiger partial charge in [0.05, 0.1) is 12.8 Å². The summed E-state index contributed by atoms with van der Waals surface area (Å²) in [7, 11) is 0. The van der Waals surface area contributed by atoms with Crippen molar-refractivity contribution in [3.8, 4) is 11.8 Å². The van der Waals surface area contributed by atoms with Gasteiger partial charge in [-0.05, 0) is 98.5 Å². The molecule has 6 heteroatoms. The summed E-state index contributed by atoms with van der Waals surface area (Å²) in [5.41, 5.74) is 4.05. The number of thioether (sulfide) groups is 1. The molecule has 38 heavy (non-hydrogen) atoms. The second-order valence-electron chi connectivity index (χ2n) is 11.4. The Morgan fingerprint density at radius 2 is 1.89 bits per heavy atom. The molecule has 1 aromatic rings. The van der Waals surface area contributed by atoms with E-state index in [9.17, 15) is 14.4 Å². The minimum atomic E-state index is -1.01. The third-order valence-corrected chi connectivity index (χ3v) is 10.3. The van der Waals surface area contributed by atoms with Crippen LogP contribution in [0.2, 0.25) is 0 Å². The first-order valence-corrected chi connectivity index (χ1v) is 14.9. The van der Waals surface area contributed by atoms with Crippen molar-refractivity contribution in [2.45, 2.75) is 88.0 Å². The fraction of sp³-hybridized carbons (Fsp3) is 0.531. The van der Waals surface area contributed by atoms with E-state index in [0.29, 0.717) is 24.7 Å². The summed E-state index contributed by atoms with van der Waals surface area (Å²) in [4.78, 5) is 37.5. The van der Waals surface area contributed by atoms with Gasteiger partial charge < -0.3 is 9.84 Å². The van der Waals surface area contributed by atoms with Crippen LogP contribution in [-0.4, -0.2) is 34.7 Å². The number of carbonyl (C=O) groups is 3. The maximum atomic E-state index is 12.9. The molecule has 4 aliphatic carbocycles. The lowest BCUT2D eigenvalue weighted by Gasteiger charge is -2.54. The summed E-state index contributed by atoms with van der Waals surface area (Å²) in [6.07, 6.45) is 9.21. The third kappa shape index (κ3) is 4.53. The highest BCUT2D eigenvalue weighted by Crippen LogP contribution is 2.67. The average molecular weight is 533 g/mol. The average Bonchev–Trinajstić information content (AvgIpc) is 3.18. The Kier molecular flexibility index (Phi) is 7.35. The number of fused-ring (bicyclic) bond motifs is 4. The first-order chi connectivity index (χ1) is 18.2. The summed E-state index contributed by atoms with van der Waals surface area (Å²) < 4.78 is 6.23. The summed E-state index contributed by atoms with van der Waals surface area (Å²) in [6, 6.07) is 8.83. The normalized spacial score (nSPS) is 31.8. The number of rotatable bonds is 6. The molecular weight excluding hydrogens is 496 g/mol. The van der Waals surface area contributed by atoms with Crippen molar-refractivity contribution >= 4 is 29.5 Å². The van der Waals surface area contributed by atoms with E-state index in [1.807, 2.05) is 6.08 Å². The Balaban J connectivity index is 1.61. The minimum absolute atomic E-state index is 0.149. The van der Waals surface area contributed by atoms with Crippen LogP contribution in [0.25, 0.3) is 0 Å². The van der Waals surface area contributed by atoms with E-state index in [1.165, 1.54) is 27.2 Å². The Morgan fingerprint density at radius 1 is 1.13 bits per heavy atom. The molecule has 200 valence electrons. The lowest BCUT2D eigenvalue weighted by atomic mass is 9.51. The van der Waals surface area contributed by atoms with Crippen molar-refractivity contribution in [3.63, 3.8) is 0 Å². The van der Waals surface area contributed by atoms with Gasteiger partial charge in [-0.15, -0.1) is 17.7 Å². The molecule has 2 fully saturated rings. The zero-order chi connectivity index (χ0) is 27.1. The van der Waals surface area contributed by atoms with Gasteiger partial charge in [0, 0.05) is 22.6 Å². The van der Waals surface area contributed by atoms with Crippen LogP contribution in [0.3, 0.4) is 0 Å². The second-order valence-corrected chi connectivity index (χ2v) is 12.3. The van der Waals surface area contributed by atoms with E-state index in [4.69, 9.17) is 9.84 Å². The third-order valence-electron chi connectivity index (χ3n) is 9.53. The zero-order valence-corrected chi connectivity index (χ0v) is 23.3. The van der Waals surface area contributed by atoms with Crippen LogP contribution in [0.1, 0.15) is 83.1 Å². The predicted molar refractivity (Wildman–Crippen MR) is 148 cm³/mol. The molecule has 5 rings (SSSR count). The Labute approximate surface area is 229 Å². The van der Waals surface area contributed by atoms with E-state index in [-0.39, 0.29) is 30.0 Å². The second kappa shape index (κ2) is 10.4. The molecule has 1 aromatic carbocycles. The quantitative estimate of drug-likeness (QED) is 0.257. The van der Waals surface area contributed by atoms with Crippen molar-refractivity contribution < 1.29 is 24.2 Å². The minimum Gasteiger partial charge on any atom is -0.481 e. The molecular formula is C32H36O5S.